The highest BCUT2D eigenvalue weighted by atomic mass is 16.6. The number of hydrogen-bond donors (Lipinski definition) is 2. The average Bonchev–Trinajstić information content (AvgIpc) is 2.61. The molecule has 1 aliphatic heterocycles. The van der Waals surface area contributed by atoms with E-state index >= 15 is 0 Å². The molecule has 1 aliphatic rings. The van der Waals surface area contributed by atoms with Crippen LogP contribution < -0.4 is 20.5 Å². The molecular formula is C18H20N2O3. The van der Waals surface area contributed by atoms with Crippen molar-refractivity contribution in [3.8, 4) is 11.5 Å². The first kappa shape index (κ1) is 15.4. The van der Waals surface area contributed by atoms with E-state index in [1.165, 1.54) is 0 Å². The van der Waals surface area contributed by atoms with E-state index in [2.05, 4.69) is 5.32 Å². The quantitative estimate of drug-likeness (QED) is 0.909. The Hall–Kier alpha value is -2.53. The fourth-order valence-corrected chi connectivity index (χ4v) is 2.53. The van der Waals surface area contributed by atoms with Gasteiger partial charge in [-0.05, 0) is 30.2 Å². The molecule has 0 saturated heterocycles. The van der Waals surface area contributed by atoms with Crippen LogP contribution >= 0.6 is 0 Å². The molecule has 2 aromatic carbocycles. The van der Waals surface area contributed by atoms with Crippen molar-refractivity contribution in [1.82, 2.24) is 5.32 Å². The standard InChI is InChI=1S/C18H20N2O3/c1-12(14-7-8-15-16(11-14)23-10-9-22-15)20-18(21)17(19)13-5-3-2-4-6-13/h2-8,11-12,17H,9-10,19H2,1H3,(H,20,21). The summed E-state index contributed by atoms with van der Waals surface area (Å²) in [6.07, 6.45) is 0. The van der Waals surface area contributed by atoms with Crippen LogP contribution in [0.1, 0.15) is 30.1 Å². The van der Waals surface area contributed by atoms with Crippen LogP contribution in [0.2, 0.25) is 0 Å². The Morgan fingerprint density at radius 2 is 1.74 bits per heavy atom. The lowest BCUT2D eigenvalue weighted by Crippen LogP contribution is -2.35. The van der Waals surface area contributed by atoms with Crippen LogP contribution in [-0.2, 0) is 4.79 Å². The van der Waals surface area contributed by atoms with Gasteiger partial charge in [-0.2, -0.15) is 0 Å². The summed E-state index contributed by atoms with van der Waals surface area (Å²) in [5.41, 5.74) is 7.76. The van der Waals surface area contributed by atoms with Crippen LogP contribution in [0.25, 0.3) is 0 Å². The van der Waals surface area contributed by atoms with Crippen LogP contribution in [0.5, 0.6) is 11.5 Å². The zero-order valence-electron chi connectivity index (χ0n) is 13.0. The molecule has 3 rings (SSSR count). The third-order valence-electron chi connectivity index (χ3n) is 3.87. The van der Waals surface area contributed by atoms with Crippen LogP contribution in [0.15, 0.2) is 48.5 Å². The number of benzene rings is 2. The highest BCUT2D eigenvalue weighted by Gasteiger charge is 2.19. The molecule has 2 atom stereocenters. The van der Waals surface area contributed by atoms with Gasteiger partial charge in [0.05, 0.1) is 6.04 Å². The van der Waals surface area contributed by atoms with Crippen molar-refractivity contribution in [2.75, 3.05) is 13.2 Å². The third-order valence-corrected chi connectivity index (χ3v) is 3.87. The van der Waals surface area contributed by atoms with E-state index in [4.69, 9.17) is 15.2 Å². The van der Waals surface area contributed by atoms with Gasteiger partial charge in [-0.15, -0.1) is 0 Å². The topological polar surface area (TPSA) is 73.6 Å². The van der Waals surface area contributed by atoms with Crippen molar-refractivity contribution >= 4 is 5.91 Å². The van der Waals surface area contributed by atoms with Crippen LogP contribution in [0.4, 0.5) is 0 Å². The zero-order chi connectivity index (χ0) is 16.2. The van der Waals surface area contributed by atoms with E-state index in [9.17, 15) is 4.79 Å². The van der Waals surface area contributed by atoms with E-state index in [0.717, 1.165) is 16.9 Å². The Morgan fingerprint density at radius 1 is 1.04 bits per heavy atom. The van der Waals surface area contributed by atoms with E-state index < -0.39 is 6.04 Å². The third kappa shape index (κ3) is 3.46. The van der Waals surface area contributed by atoms with E-state index in [1.807, 2.05) is 55.5 Å². The lowest BCUT2D eigenvalue weighted by atomic mass is 10.0. The second-order valence-electron chi connectivity index (χ2n) is 5.52. The van der Waals surface area contributed by atoms with Gasteiger partial charge in [0.25, 0.3) is 0 Å². The van der Waals surface area contributed by atoms with E-state index in [1.54, 1.807) is 0 Å². The van der Waals surface area contributed by atoms with Crippen molar-refractivity contribution in [1.29, 1.82) is 0 Å². The number of amides is 1. The molecular weight excluding hydrogens is 292 g/mol. The number of rotatable bonds is 4. The van der Waals surface area contributed by atoms with Crippen LogP contribution in [0.3, 0.4) is 0 Å². The SMILES string of the molecule is CC(NC(=O)C(N)c1ccccc1)c1ccc2c(c1)OCCO2. The normalized spacial score (nSPS) is 15.6. The lowest BCUT2D eigenvalue weighted by molar-refractivity contribution is -0.123. The van der Waals surface area contributed by atoms with Crippen molar-refractivity contribution in [3.63, 3.8) is 0 Å². The predicted molar refractivity (Wildman–Crippen MR) is 87.4 cm³/mol. The minimum Gasteiger partial charge on any atom is -0.486 e. The molecule has 2 unspecified atom stereocenters. The molecule has 0 aliphatic carbocycles. The number of carbonyl (C=O) groups excluding carboxylic acids is 1. The molecule has 2 aromatic rings. The highest BCUT2D eigenvalue weighted by molar-refractivity contribution is 5.83. The van der Waals surface area contributed by atoms with Gasteiger partial charge in [0.1, 0.15) is 19.3 Å². The molecule has 5 heteroatoms. The number of carbonyl (C=O) groups is 1. The Labute approximate surface area is 135 Å². The summed E-state index contributed by atoms with van der Waals surface area (Å²) in [6.45, 7) is 3.02. The molecule has 0 spiro atoms. The maximum absolute atomic E-state index is 12.3. The van der Waals surface area contributed by atoms with Crippen LogP contribution in [0, 0.1) is 0 Å². The second kappa shape index (κ2) is 6.71. The molecule has 0 fully saturated rings. The predicted octanol–water partition coefficient (Wildman–Crippen LogP) is 2.33. The van der Waals surface area contributed by atoms with Gasteiger partial charge in [0.15, 0.2) is 11.5 Å². The van der Waals surface area contributed by atoms with Gasteiger partial charge in [0, 0.05) is 0 Å². The smallest absolute Gasteiger partial charge is 0.241 e. The molecule has 0 bridgehead atoms. The number of ether oxygens (including phenoxy) is 2. The molecule has 3 N–H and O–H groups in total. The molecule has 1 amide bonds. The summed E-state index contributed by atoms with van der Waals surface area (Å²) in [4.78, 5) is 12.3. The maximum Gasteiger partial charge on any atom is 0.241 e. The van der Waals surface area contributed by atoms with Crippen molar-refractivity contribution in [2.24, 2.45) is 5.73 Å². The molecule has 120 valence electrons. The summed E-state index contributed by atoms with van der Waals surface area (Å²) >= 11 is 0. The highest BCUT2D eigenvalue weighted by Crippen LogP contribution is 2.32. The summed E-state index contributed by atoms with van der Waals surface area (Å²) in [7, 11) is 0. The van der Waals surface area contributed by atoms with Crippen LogP contribution in [-0.4, -0.2) is 19.1 Å². The first-order chi connectivity index (χ1) is 11.1. The van der Waals surface area contributed by atoms with Gasteiger partial charge >= 0.3 is 0 Å². The van der Waals surface area contributed by atoms with Crippen molar-refractivity contribution in [2.45, 2.75) is 19.0 Å². The fourth-order valence-electron chi connectivity index (χ4n) is 2.53. The molecule has 23 heavy (non-hydrogen) atoms. The first-order valence-corrected chi connectivity index (χ1v) is 7.65. The Kier molecular flexibility index (Phi) is 4.48. The summed E-state index contributed by atoms with van der Waals surface area (Å²) in [6, 6.07) is 14.1. The zero-order valence-corrected chi connectivity index (χ0v) is 13.0. The fraction of sp³-hybridized carbons (Fsp3) is 0.278. The average molecular weight is 312 g/mol. The molecule has 0 aromatic heterocycles. The Morgan fingerprint density at radius 3 is 2.48 bits per heavy atom. The van der Waals surface area contributed by atoms with Crippen molar-refractivity contribution < 1.29 is 14.3 Å². The summed E-state index contributed by atoms with van der Waals surface area (Å²) < 4.78 is 11.1. The number of hydrogen-bond acceptors (Lipinski definition) is 4. The molecule has 1 heterocycles. The maximum atomic E-state index is 12.3. The van der Waals surface area contributed by atoms with E-state index in [-0.39, 0.29) is 11.9 Å². The monoisotopic (exact) mass is 312 g/mol. The Bertz CT molecular complexity index is 688. The van der Waals surface area contributed by atoms with Crippen molar-refractivity contribution in [3.05, 3.63) is 59.7 Å². The van der Waals surface area contributed by atoms with Gasteiger partial charge in [-0.3, -0.25) is 4.79 Å². The van der Waals surface area contributed by atoms with Gasteiger partial charge in [-0.25, -0.2) is 0 Å². The second-order valence-corrected chi connectivity index (χ2v) is 5.52. The molecule has 0 radical (unpaired) electrons. The van der Waals surface area contributed by atoms with E-state index in [0.29, 0.717) is 19.0 Å². The Balaban J connectivity index is 1.69. The van der Waals surface area contributed by atoms with Gasteiger partial charge < -0.3 is 20.5 Å². The number of nitrogens with two attached hydrogens (primary N) is 1. The number of fused-ring (bicyclic) bond motifs is 1. The minimum absolute atomic E-state index is 0.173. The first-order valence-electron chi connectivity index (χ1n) is 7.65. The number of nitrogens with one attached hydrogen (secondary N) is 1. The van der Waals surface area contributed by atoms with Gasteiger partial charge in [-0.1, -0.05) is 36.4 Å². The lowest BCUT2D eigenvalue weighted by Gasteiger charge is -2.22. The molecule has 0 saturated carbocycles. The minimum atomic E-state index is -0.684. The summed E-state index contributed by atoms with van der Waals surface area (Å²) in [5.74, 6) is 1.24. The van der Waals surface area contributed by atoms with Gasteiger partial charge in [0.2, 0.25) is 5.91 Å². The summed E-state index contributed by atoms with van der Waals surface area (Å²) in [5, 5.41) is 2.94. The largest absolute Gasteiger partial charge is 0.486 e. The molecule has 5 nitrogen and oxygen atoms in total.